The van der Waals surface area contributed by atoms with Gasteiger partial charge in [-0.1, -0.05) is 0 Å². The van der Waals surface area contributed by atoms with Crippen LogP contribution in [0.5, 0.6) is 0 Å². The Morgan fingerprint density at radius 1 is 1.37 bits per heavy atom. The van der Waals surface area contributed by atoms with Gasteiger partial charge in [0.05, 0.1) is 19.8 Å². The Balaban J connectivity index is 2.21. The molecule has 2 fully saturated rings. The van der Waals surface area contributed by atoms with Gasteiger partial charge in [-0.05, 0) is 0 Å². The summed E-state index contributed by atoms with van der Waals surface area (Å²) in [7, 11) is 2.47. The van der Waals surface area contributed by atoms with Crippen LogP contribution >= 0.6 is 0 Å². The van der Waals surface area contributed by atoms with E-state index >= 15 is 0 Å². The maximum Gasteiger partial charge on any atom is 0.366 e. The molecule has 0 bridgehead atoms. The number of aliphatic hydroxyl groups excluding tert-OH is 3. The number of ether oxygens (including phenoxy) is 4. The molecule has 0 aromatic rings. The molecule has 2 saturated heterocycles. The van der Waals surface area contributed by atoms with Crippen LogP contribution in [0.3, 0.4) is 0 Å². The van der Waals surface area contributed by atoms with Crippen molar-refractivity contribution >= 4 is 5.97 Å². The van der Waals surface area contributed by atoms with Crippen LogP contribution in [0.4, 0.5) is 0 Å². The molecule has 0 aromatic heterocycles. The Hall–Kier alpha value is -0.770. The molecule has 0 spiro atoms. The molecule has 0 amide bonds. The summed E-state index contributed by atoms with van der Waals surface area (Å²) in [6.45, 7) is -0.445. The molecule has 2 aliphatic heterocycles. The van der Waals surface area contributed by atoms with E-state index < -0.39 is 48.9 Å². The standard InChI is InChI=1S/C11H18O8/c1-16-10(15)11(17-2)3-5-9(19-11)8(14)7(13)6(4-12)18-5/h5-9,12-14H,3-4H2,1-2H3/t5-,6+,7+,8-,9+,11+/m0/s1. The third-order valence-electron chi connectivity index (χ3n) is 3.59. The summed E-state index contributed by atoms with van der Waals surface area (Å²) in [5.74, 6) is -2.40. The number of hydrogen-bond acceptors (Lipinski definition) is 8. The molecule has 0 radical (unpaired) electrons. The number of esters is 1. The Kier molecular flexibility index (Phi) is 4.09. The Morgan fingerprint density at radius 3 is 2.58 bits per heavy atom. The fourth-order valence-corrected chi connectivity index (χ4v) is 2.51. The molecular formula is C11H18O8. The molecule has 2 aliphatic rings. The van der Waals surface area contributed by atoms with Gasteiger partial charge in [0.15, 0.2) is 0 Å². The maximum atomic E-state index is 11.7. The van der Waals surface area contributed by atoms with Crippen molar-refractivity contribution in [2.45, 2.75) is 42.7 Å². The quantitative estimate of drug-likeness (QED) is 0.497. The van der Waals surface area contributed by atoms with E-state index in [-0.39, 0.29) is 6.42 Å². The first-order valence-corrected chi connectivity index (χ1v) is 5.93. The Bertz CT molecular complexity index is 348. The van der Waals surface area contributed by atoms with Crippen LogP contribution in [0.2, 0.25) is 0 Å². The monoisotopic (exact) mass is 278 g/mol. The second-order valence-electron chi connectivity index (χ2n) is 4.61. The number of methoxy groups -OCH3 is 2. The van der Waals surface area contributed by atoms with Gasteiger partial charge in [0.1, 0.15) is 24.4 Å². The minimum Gasteiger partial charge on any atom is -0.465 e. The van der Waals surface area contributed by atoms with E-state index in [1.165, 1.54) is 14.2 Å². The lowest BCUT2D eigenvalue weighted by atomic mass is 9.94. The van der Waals surface area contributed by atoms with Gasteiger partial charge in [0.25, 0.3) is 5.79 Å². The van der Waals surface area contributed by atoms with E-state index in [2.05, 4.69) is 4.74 Å². The lowest BCUT2D eigenvalue weighted by Gasteiger charge is -2.38. The zero-order chi connectivity index (χ0) is 14.2. The summed E-state index contributed by atoms with van der Waals surface area (Å²) >= 11 is 0. The van der Waals surface area contributed by atoms with Crippen molar-refractivity contribution < 1.29 is 39.1 Å². The smallest absolute Gasteiger partial charge is 0.366 e. The molecule has 3 N–H and O–H groups in total. The van der Waals surface area contributed by atoms with Gasteiger partial charge in [-0.15, -0.1) is 0 Å². The summed E-state index contributed by atoms with van der Waals surface area (Å²) in [4.78, 5) is 11.7. The van der Waals surface area contributed by atoms with Crippen LogP contribution in [-0.4, -0.2) is 78.4 Å². The second kappa shape index (κ2) is 5.31. The number of carbonyl (C=O) groups is 1. The molecule has 0 aromatic carbocycles. The van der Waals surface area contributed by atoms with Crippen LogP contribution in [0.1, 0.15) is 6.42 Å². The fraction of sp³-hybridized carbons (Fsp3) is 0.909. The van der Waals surface area contributed by atoms with Crippen molar-refractivity contribution in [2.75, 3.05) is 20.8 Å². The van der Waals surface area contributed by atoms with E-state index in [4.69, 9.17) is 19.3 Å². The third kappa shape index (κ3) is 2.24. The van der Waals surface area contributed by atoms with Crippen LogP contribution < -0.4 is 0 Å². The molecule has 2 heterocycles. The Labute approximate surface area is 109 Å². The van der Waals surface area contributed by atoms with E-state index in [9.17, 15) is 15.0 Å². The summed E-state index contributed by atoms with van der Waals surface area (Å²) in [5.41, 5.74) is 0. The SMILES string of the molecule is COC(=O)[C@@]1(OC)C[C@@H]2O[C@H](CO)[C@@H](O)[C@H](O)[C@@H]2O1. The van der Waals surface area contributed by atoms with Crippen molar-refractivity contribution in [3.8, 4) is 0 Å². The molecule has 19 heavy (non-hydrogen) atoms. The van der Waals surface area contributed by atoms with Crippen LogP contribution in [-0.2, 0) is 23.7 Å². The Morgan fingerprint density at radius 2 is 2.05 bits per heavy atom. The average molecular weight is 278 g/mol. The number of aliphatic hydroxyl groups is 3. The molecule has 8 heteroatoms. The van der Waals surface area contributed by atoms with Gasteiger partial charge in [-0.3, -0.25) is 0 Å². The number of fused-ring (bicyclic) bond motifs is 1. The van der Waals surface area contributed by atoms with Crippen molar-refractivity contribution in [1.29, 1.82) is 0 Å². The van der Waals surface area contributed by atoms with Gasteiger partial charge in [-0.2, -0.15) is 0 Å². The molecule has 6 atom stereocenters. The van der Waals surface area contributed by atoms with Gasteiger partial charge >= 0.3 is 5.97 Å². The number of hydrogen-bond donors (Lipinski definition) is 3. The second-order valence-corrected chi connectivity index (χ2v) is 4.61. The highest BCUT2D eigenvalue weighted by Crippen LogP contribution is 2.40. The van der Waals surface area contributed by atoms with Gasteiger partial charge < -0.3 is 34.3 Å². The first-order chi connectivity index (χ1) is 8.99. The molecular weight excluding hydrogens is 260 g/mol. The van der Waals surface area contributed by atoms with Gasteiger partial charge in [0, 0.05) is 13.5 Å². The zero-order valence-corrected chi connectivity index (χ0v) is 10.7. The van der Waals surface area contributed by atoms with Crippen molar-refractivity contribution in [1.82, 2.24) is 0 Å². The van der Waals surface area contributed by atoms with Crippen LogP contribution in [0.25, 0.3) is 0 Å². The lowest BCUT2D eigenvalue weighted by molar-refractivity contribution is -0.258. The van der Waals surface area contributed by atoms with Crippen LogP contribution in [0.15, 0.2) is 0 Å². The van der Waals surface area contributed by atoms with E-state index in [0.717, 1.165) is 0 Å². The highest BCUT2D eigenvalue weighted by atomic mass is 16.7. The van der Waals surface area contributed by atoms with Gasteiger partial charge in [-0.25, -0.2) is 4.79 Å². The summed E-state index contributed by atoms with van der Waals surface area (Å²) in [6.07, 6.45) is -5.08. The minimum absolute atomic E-state index is 0.0150. The first kappa shape index (κ1) is 14.6. The fourth-order valence-electron chi connectivity index (χ4n) is 2.51. The summed E-state index contributed by atoms with van der Waals surface area (Å²) in [5, 5.41) is 28.8. The third-order valence-corrected chi connectivity index (χ3v) is 3.59. The molecule has 0 aliphatic carbocycles. The van der Waals surface area contributed by atoms with Crippen molar-refractivity contribution in [3.63, 3.8) is 0 Å². The highest BCUT2D eigenvalue weighted by molar-refractivity contribution is 5.78. The number of carbonyl (C=O) groups excluding carboxylic acids is 1. The number of rotatable bonds is 3. The van der Waals surface area contributed by atoms with E-state index in [0.29, 0.717) is 0 Å². The largest absolute Gasteiger partial charge is 0.465 e. The van der Waals surface area contributed by atoms with Crippen molar-refractivity contribution in [2.24, 2.45) is 0 Å². The molecule has 0 saturated carbocycles. The molecule has 2 rings (SSSR count). The molecule has 110 valence electrons. The van der Waals surface area contributed by atoms with E-state index in [1.54, 1.807) is 0 Å². The topological polar surface area (TPSA) is 115 Å². The van der Waals surface area contributed by atoms with E-state index in [1.807, 2.05) is 0 Å². The van der Waals surface area contributed by atoms with Gasteiger partial charge in [0.2, 0.25) is 0 Å². The van der Waals surface area contributed by atoms with Crippen LogP contribution in [0, 0.1) is 0 Å². The lowest BCUT2D eigenvalue weighted by Crippen LogP contribution is -2.57. The summed E-state index contributed by atoms with van der Waals surface area (Å²) in [6, 6.07) is 0. The molecule has 8 nitrogen and oxygen atoms in total. The minimum atomic E-state index is -1.66. The molecule has 0 unspecified atom stereocenters. The maximum absolute atomic E-state index is 11.7. The summed E-state index contributed by atoms with van der Waals surface area (Å²) < 4.78 is 20.5. The van der Waals surface area contributed by atoms with Crippen molar-refractivity contribution in [3.05, 3.63) is 0 Å². The average Bonchev–Trinajstić information content (AvgIpc) is 2.82. The zero-order valence-electron chi connectivity index (χ0n) is 10.7. The predicted octanol–water partition coefficient (Wildman–Crippen LogP) is -2.23. The predicted molar refractivity (Wildman–Crippen MR) is 59.0 cm³/mol. The highest BCUT2D eigenvalue weighted by Gasteiger charge is 2.60. The normalized spacial score (nSPS) is 45.8. The first-order valence-electron chi connectivity index (χ1n) is 5.93.